The molecule has 2 aromatic rings. The summed E-state index contributed by atoms with van der Waals surface area (Å²) < 4.78 is 0. The van der Waals surface area contributed by atoms with Crippen molar-refractivity contribution in [3.05, 3.63) is 35.0 Å². The van der Waals surface area contributed by atoms with Gasteiger partial charge in [-0.05, 0) is 6.07 Å². The average molecular weight is 267 g/mol. The summed E-state index contributed by atoms with van der Waals surface area (Å²) in [5.74, 6) is 0. The van der Waals surface area contributed by atoms with Gasteiger partial charge in [0.05, 0.1) is 5.02 Å². The van der Waals surface area contributed by atoms with Crippen LogP contribution in [0.5, 0.6) is 0 Å². The number of nitrogens with one attached hydrogen (secondary N) is 2. The van der Waals surface area contributed by atoms with Crippen molar-refractivity contribution in [2.75, 3.05) is 13.2 Å². The number of H-pyrrole nitrogens is 1. The fourth-order valence-corrected chi connectivity index (χ4v) is 2.15. The molecule has 0 radical (unpaired) electrons. The zero-order valence-corrected chi connectivity index (χ0v) is 11.5. The van der Waals surface area contributed by atoms with Crippen LogP contribution in [0.25, 0.3) is 10.9 Å². The van der Waals surface area contributed by atoms with E-state index in [1.54, 1.807) is 0 Å². The SMILES string of the molecule is CC(C)(CO)CNCc1[nH]c2ccccc2c1Cl. The number of hydrogen-bond donors (Lipinski definition) is 3. The maximum Gasteiger partial charge on any atom is 0.0705 e. The lowest BCUT2D eigenvalue weighted by atomic mass is 9.95. The fraction of sp³-hybridized carbons (Fsp3) is 0.429. The highest BCUT2D eigenvalue weighted by Gasteiger charge is 2.16. The molecule has 0 atom stereocenters. The lowest BCUT2D eigenvalue weighted by molar-refractivity contribution is 0.156. The second kappa shape index (κ2) is 5.31. The Bertz CT molecular complexity index is 534. The molecule has 98 valence electrons. The smallest absolute Gasteiger partial charge is 0.0705 e. The van der Waals surface area contributed by atoms with Gasteiger partial charge in [0.25, 0.3) is 0 Å². The summed E-state index contributed by atoms with van der Waals surface area (Å²) in [5, 5.41) is 14.3. The molecule has 0 spiro atoms. The highest BCUT2D eigenvalue weighted by atomic mass is 35.5. The molecule has 0 amide bonds. The summed E-state index contributed by atoms with van der Waals surface area (Å²) in [4.78, 5) is 3.31. The average Bonchev–Trinajstić information content (AvgIpc) is 2.67. The first kappa shape index (κ1) is 13.4. The van der Waals surface area contributed by atoms with Gasteiger partial charge in [0, 0.05) is 41.7 Å². The first-order valence-electron chi connectivity index (χ1n) is 6.10. The molecule has 2 rings (SSSR count). The molecule has 3 nitrogen and oxygen atoms in total. The minimum atomic E-state index is -0.113. The Kier molecular flexibility index (Phi) is 3.95. The molecule has 4 heteroatoms. The number of benzene rings is 1. The van der Waals surface area contributed by atoms with Crippen molar-refractivity contribution < 1.29 is 5.11 Å². The molecule has 0 aliphatic carbocycles. The van der Waals surface area contributed by atoms with Gasteiger partial charge in [-0.3, -0.25) is 0 Å². The summed E-state index contributed by atoms with van der Waals surface area (Å²) in [6.07, 6.45) is 0. The number of rotatable bonds is 5. The van der Waals surface area contributed by atoms with Crippen LogP contribution in [0.2, 0.25) is 5.02 Å². The second-order valence-corrected chi connectivity index (χ2v) is 5.77. The Morgan fingerprint density at radius 2 is 2.06 bits per heavy atom. The third kappa shape index (κ3) is 2.86. The van der Waals surface area contributed by atoms with E-state index in [2.05, 4.69) is 10.3 Å². The van der Waals surface area contributed by atoms with Crippen LogP contribution in [0.4, 0.5) is 0 Å². The Morgan fingerprint density at radius 3 is 2.72 bits per heavy atom. The number of hydrogen-bond acceptors (Lipinski definition) is 2. The molecule has 0 aliphatic heterocycles. The Labute approximate surface area is 112 Å². The molecule has 0 bridgehead atoms. The lowest BCUT2D eigenvalue weighted by Crippen LogP contribution is -2.32. The molecule has 0 aliphatic rings. The number of aliphatic hydroxyl groups excluding tert-OH is 1. The van der Waals surface area contributed by atoms with E-state index >= 15 is 0 Å². The van der Waals surface area contributed by atoms with Gasteiger partial charge in [0.2, 0.25) is 0 Å². The lowest BCUT2D eigenvalue weighted by Gasteiger charge is -2.21. The maximum atomic E-state index is 9.19. The van der Waals surface area contributed by atoms with Crippen LogP contribution in [0, 0.1) is 5.41 Å². The third-order valence-electron chi connectivity index (χ3n) is 3.05. The van der Waals surface area contributed by atoms with Gasteiger partial charge in [-0.25, -0.2) is 0 Å². The standard InChI is InChI=1S/C14H19ClN2O/c1-14(2,9-18)8-16-7-12-13(15)10-5-3-4-6-11(10)17-12/h3-6,16-18H,7-9H2,1-2H3. The normalized spacial score (nSPS) is 12.2. The maximum absolute atomic E-state index is 9.19. The van der Waals surface area contributed by atoms with Crippen LogP contribution in [0.3, 0.4) is 0 Å². The molecule has 1 heterocycles. The number of aromatic amines is 1. The van der Waals surface area contributed by atoms with Crippen molar-refractivity contribution in [3.8, 4) is 0 Å². The number of para-hydroxylation sites is 1. The largest absolute Gasteiger partial charge is 0.396 e. The summed E-state index contributed by atoms with van der Waals surface area (Å²) in [7, 11) is 0. The van der Waals surface area contributed by atoms with Crippen LogP contribution in [-0.2, 0) is 6.54 Å². The van der Waals surface area contributed by atoms with Crippen molar-refractivity contribution >= 4 is 22.5 Å². The molecule has 1 aromatic carbocycles. The van der Waals surface area contributed by atoms with Gasteiger partial charge in [-0.2, -0.15) is 0 Å². The van der Waals surface area contributed by atoms with Crippen LogP contribution in [0.15, 0.2) is 24.3 Å². The van der Waals surface area contributed by atoms with Gasteiger partial charge in [0.15, 0.2) is 0 Å². The van der Waals surface area contributed by atoms with E-state index in [4.69, 9.17) is 11.6 Å². The van der Waals surface area contributed by atoms with Gasteiger partial charge in [0.1, 0.15) is 0 Å². The van der Waals surface area contributed by atoms with Crippen LogP contribution in [-0.4, -0.2) is 23.2 Å². The first-order valence-corrected chi connectivity index (χ1v) is 6.48. The molecular weight excluding hydrogens is 248 g/mol. The molecular formula is C14H19ClN2O. The quantitative estimate of drug-likeness (QED) is 0.779. The highest BCUT2D eigenvalue weighted by Crippen LogP contribution is 2.27. The van der Waals surface area contributed by atoms with Crippen molar-refractivity contribution in [2.45, 2.75) is 20.4 Å². The third-order valence-corrected chi connectivity index (χ3v) is 3.48. The topological polar surface area (TPSA) is 48.0 Å². The Hall–Kier alpha value is -1.03. The molecule has 0 unspecified atom stereocenters. The summed E-state index contributed by atoms with van der Waals surface area (Å²) >= 11 is 6.32. The van der Waals surface area contributed by atoms with Crippen LogP contribution >= 0.6 is 11.6 Å². The number of halogens is 1. The number of aromatic nitrogens is 1. The highest BCUT2D eigenvalue weighted by molar-refractivity contribution is 6.36. The molecule has 0 saturated carbocycles. The van der Waals surface area contributed by atoms with Gasteiger partial charge < -0.3 is 15.4 Å². The van der Waals surface area contributed by atoms with Gasteiger partial charge >= 0.3 is 0 Å². The molecule has 0 saturated heterocycles. The van der Waals surface area contributed by atoms with Crippen molar-refractivity contribution in [1.82, 2.24) is 10.3 Å². The van der Waals surface area contributed by atoms with E-state index < -0.39 is 0 Å². The molecule has 1 aromatic heterocycles. The second-order valence-electron chi connectivity index (χ2n) is 5.39. The van der Waals surface area contributed by atoms with E-state index in [-0.39, 0.29) is 12.0 Å². The zero-order valence-electron chi connectivity index (χ0n) is 10.8. The van der Waals surface area contributed by atoms with Gasteiger partial charge in [-0.15, -0.1) is 0 Å². The Morgan fingerprint density at radius 1 is 1.33 bits per heavy atom. The first-order chi connectivity index (χ1) is 8.53. The van der Waals surface area contributed by atoms with Crippen LogP contribution < -0.4 is 5.32 Å². The minimum Gasteiger partial charge on any atom is -0.396 e. The Balaban J connectivity index is 2.06. The van der Waals surface area contributed by atoms with E-state index in [1.165, 1.54) is 0 Å². The van der Waals surface area contributed by atoms with E-state index in [0.29, 0.717) is 6.54 Å². The molecule has 3 N–H and O–H groups in total. The van der Waals surface area contributed by atoms with Crippen molar-refractivity contribution in [1.29, 1.82) is 0 Å². The summed E-state index contributed by atoms with van der Waals surface area (Å²) in [6.45, 7) is 5.63. The zero-order chi connectivity index (χ0) is 13.2. The predicted octanol–water partition coefficient (Wildman–Crippen LogP) is 2.93. The fourth-order valence-electron chi connectivity index (χ4n) is 1.87. The van der Waals surface area contributed by atoms with Crippen molar-refractivity contribution in [2.24, 2.45) is 5.41 Å². The predicted molar refractivity (Wildman–Crippen MR) is 75.9 cm³/mol. The van der Waals surface area contributed by atoms with Crippen LogP contribution in [0.1, 0.15) is 19.5 Å². The van der Waals surface area contributed by atoms with Crippen molar-refractivity contribution in [3.63, 3.8) is 0 Å². The summed E-state index contributed by atoms with van der Waals surface area (Å²) in [6, 6.07) is 7.99. The summed E-state index contributed by atoms with van der Waals surface area (Å²) in [5.41, 5.74) is 1.94. The molecule has 0 fully saturated rings. The number of fused-ring (bicyclic) bond motifs is 1. The monoisotopic (exact) mass is 266 g/mol. The van der Waals surface area contributed by atoms with E-state index in [0.717, 1.165) is 28.2 Å². The van der Waals surface area contributed by atoms with Gasteiger partial charge in [-0.1, -0.05) is 43.6 Å². The number of aliphatic hydroxyl groups is 1. The van der Waals surface area contributed by atoms with E-state index in [1.807, 2.05) is 38.1 Å². The minimum absolute atomic E-state index is 0.113. The van der Waals surface area contributed by atoms with E-state index in [9.17, 15) is 5.11 Å². The molecule has 18 heavy (non-hydrogen) atoms.